The van der Waals surface area contributed by atoms with Crippen LogP contribution in [0.15, 0.2) is 65.7 Å². The fraction of sp³-hybridized carbons (Fsp3) is 0.111. The number of nitrogens with zero attached hydrogens (tertiary/aromatic N) is 1. The highest BCUT2D eigenvalue weighted by Crippen LogP contribution is 2.30. The molecule has 0 N–H and O–H groups in total. The molecule has 0 saturated carbocycles. The van der Waals surface area contributed by atoms with Crippen LogP contribution in [0.4, 0.5) is 0 Å². The van der Waals surface area contributed by atoms with Crippen LogP contribution in [0.3, 0.4) is 0 Å². The molecule has 2 aromatic carbocycles. The molecule has 0 fully saturated rings. The van der Waals surface area contributed by atoms with Crippen molar-refractivity contribution in [2.45, 2.75) is 12.5 Å². The van der Waals surface area contributed by atoms with Gasteiger partial charge in [-0.05, 0) is 40.6 Å². The number of fused-ring (bicyclic) bond motifs is 1. The summed E-state index contributed by atoms with van der Waals surface area (Å²) < 4.78 is 0. The third kappa shape index (κ3) is 2.75. The number of Topliss-reactive ketones (excluding diaryl/α,β-unsaturated/α-hetero) is 1. The molecule has 2 aromatic rings. The van der Waals surface area contributed by atoms with Gasteiger partial charge in [0.25, 0.3) is 0 Å². The number of benzene rings is 2. The number of carbonyl (C=O) groups is 1. The molecule has 1 aliphatic rings. The summed E-state index contributed by atoms with van der Waals surface area (Å²) in [6, 6.07) is 17.5. The Labute approximate surface area is 128 Å². The van der Waals surface area contributed by atoms with E-state index in [1.807, 2.05) is 60.7 Å². The van der Waals surface area contributed by atoms with Crippen molar-refractivity contribution in [1.82, 2.24) is 0 Å². The molecule has 0 saturated heterocycles. The van der Waals surface area contributed by atoms with Crippen LogP contribution >= 0.6 is 12.2 Å². The van der Waals surface area contributed by atoms with Crippen molar-refractivity contribution in [2.75, 3.05) is 0 Å². The largest absolute Gasteiger partial charge is 0.297 e. The van der Waals surface area contributed by atoms with Crippen molar-refractivity contribution in [1.29, 1.82) is 0 Å². The second-order valence-electron chi connectivity index (χ2n) is 4.91. The molecule has 1 aliphatic carbocycles. The molecule has 0 aromatic heterocycles. The number of isothiocyanates is 1. The molecule has 1 atom stereocenters. The smallest absolute Gasteiger partial charge is 0.166 e. The summed E-state index contributed by atoms with van der Waals surface area (Å²) in [5.74, 6) is 0.0470. The third-order valence-electron chi connectivity index (χ3n) is 3.60. The topological polar surface area (TPSA) is 29.4 Å². The second kappa shape index (κ2) is 5.96. The minimum Gasteiger partial charge on any atom is -0.297 e. The summed E-state index contributed by atoms with van der Waals surface area (Å²) in [5.41, 5.74) is 4.21. The van der Waals surface area contributed by atoms with Gasteiger partial charge in [0.05, 0.1) is 5.16 Å². The van der Waals surface area contributed by atoms with Crippen molar-refractivity contribution >= 4 is 28.7 Å². The highest BCUT2D eigenvalue weighted by atomic mass is 32.1. The van der Waals surface area contributed by atoms with Gasteiger partial charge in [-0.2, -0.15) is 0 Å². The Morgan fingerprint density at radius 2 is 1.76 bits per heavy atom. The van der Waals surface area contributed by atoms with Gasteiger partial charge in [0, 0.05) is 6.42 Å². The zero-order valence-corrected chi connectivity index (χ0v) is 12.1. The van der Waals surface area contributed by atoms with Crippen LogP contribution in [-0.2, 0) is 11.2 Å². The molecule has 0 aliphatic heterocycles. The minimum atomic E-state index is -0.551. The van der Waals surface area contributed by atoms with E-state index in [1.165, 1.54) is 0 Å². The average molecular weight is 291 g/mol. The lowest BCUT2D eigenvalue weighted by Gasteiger charge is -2.10. The number of carbonyl (C=O) groups excluding carboxylic acids is 1. The van der Waals surface area contributed by atoms with E-state index in [0.29, 0.717) is 6.42 Å². The first kappa shape index (κ1) is 13.6. The number of hydrogen-bond acceptors (Lipinski definition) is 3. The molecule has 2 nitrogen and oxygen atoms in total. The first-order valence-electron chi connectivity index (χ1n) is 6.75. The molecule has 3 rings (SSSR count). The molecule has 0 radical (unpaired) electrons. The van der Waals surface area contributed by atoms with Crippen molar-refractivity contribution in [3.05, 3.63) is 77.4 Å². The summed E-state index contributed by atoms with van der Waals surface area (Å²) >= 11 is 4.67. The molecule has 0 spiro atoms. The lowest BCUT2D eigenvalue weighted by Crippen LogP contribution is -2.17. The van der Waals surface area contributed by atoms with Gasteiger partial charge >= 0.3 is 0 Å². The predicted octanol–water partition coefficient (Wildman–Crippen LogP) is 3.71. The molecule has 0 amide bonds. The normalized spacial score (nSPS) is 17.2. The van der Waals surface area contributed by atoms with E-state index < -0.39 is 6.04 Å². The predicted molar refractivity (Wildman–Crippen MR) is 87.5 cm³/mol. The van der Waals surface area contributed by atoms with Gasteiger partial charge in [-0.25, -0.2) is 4.99 Å². The molecular formula is C18H13NOS. The molecule has 3 heteroatoms. The van der Waals surface area contributed by atoms with Crippen molar-refractivity contribution in [3.63, 3.8) is 0 Å². The van der Waals surface area contributed by atoms with Crippen molar-refractivity contribution in [2.24, 2.45) is 4.99 Å². The fourth-order valence-electron chi connectivity index (χ4n) is 2.61. The summed E-state index contributed by atoms with van der Waals surface area (Å²) in [5, 5.41) is 2.34. The van der Waals surface area contributed by atoms with Crippen molar-refractivity contribution < 1.29 is 4.79 Å². The van der Waals surface area contributed by atoms with Crippen LogP contribution in [0.2, 0.25) is 0 Å². The molecule has 102 valence electrons. The Kier molecular flexibility index (Phi) is 3.87. The molecule has 21 heavy (non-hydrogen) atoms. The van der Waals surface area contributed by atoms with E-state index in [9.17, 15) is 4.79 Å². The van der Waals surface area contributed by atoms with Crippen LogP contribution in [0.25, 0.3) is 5.57 Å². The maximum Gasteiger partial charge on any atom is 0.166 e. The lowest BCUT2D eigenvalue weighted by molar-refractivity contribution is -0.118. The number of aliphatic imine (C=N–C) groups is 1. The first-order valence-corrected chi connectivity index (χ1v) is 7.15. The standard InChI is InChI=1S/C18H13NOS/c20-18-10-14-8-4-5-9-15(14)16(11-17(18)19-12-21)13-6-2-1-3-7-13/h1-9,11,17H,10H2. The Hall–Kier alpha value is -2.35. The van der Waals surface area contributed by atoms with E-state index in [4.69, 9.17) is 0 Å². The molecule has 1 unspecified atom stereocenters. The highest BCUT2D eigenvalue weighted by Gasteiger charge is 2.23. The van der Waals surface area contributed by atoms with Gasteiger partial charge in [-0.15, -0.1) is 0 Å². The number of ketones is 1. The number of rotatable bonds is 2. The second-order valence-corrected chi connectivity index (χ2v) is 5.09. The van der Waals surface area contributed by atoms with Gasteiger partial charge in [-0.1, -0.05) is 54.6 Å². The summed E-state index contributed by atoms with van der Waals surface area (Å²) in [7, 11) is 0. The summed E-state index contributed by atoms with van der Waals surface area (Å²) in [6.07, 6.45) is 2.26. The highest BCUT2D eigenvalue weighted by molar-refractivity contribution is 7.78. The van der Waals surface area contributed by atoms with Crippen LogP contribution in [0, 0.1) is 0 Å². The zero-order chi connectivity index (χ0) is 14.7. The first-order chi connectivity index (χ1) is 10.3. The van der Waals surface area contributed by atoms with Gasteiger partial charge in [0.1, 0.15) is 6.04 Å². The van der Waals surface area contributed by atoms with Crippen LogP contribution in [-0.4, -0.2) is 17.0 Å². The zero-order valence-electron chi connectivity index (χ0n) is 11.3. The third-order valence-corrected chi connectivity index (χ3v) is 3.71. The van der Waals surface area contributed by atoms with E-state index in [0.717, 1.165) is 22.3 Å². The molecule has 0 heterocycles. The maximum absolute atomic E-state index is 12.3. The van der Waals surface area contributed by atoms with Crippen molar-refractivity contribution in [3.8, 4) is 0 Å². The monoisotopic (exact) mass is 291 g/mol. The van der Waals surface area contributed by atoms with E-state index in [2.05, 4.69) is 22.4 Å². The van der Waals surface area contributed by atoms with Gasteiger partial charge in [0.15, 0.2) is 5.78 Å². The van der Waals surface area contributed by atoms with Gasteiger partial charge in [0.2, 0.25) is 0 Å². The average Bonchev–Trinajstić information content (AvgIpc) is 2.66. The Balaban J connectivity index is 2.22. The number of hydrogen-bond donors (Lipinski definition) is 0. The fourth-order valence-corrected chi connectivity index (χ4v) is 2.72. The Morgan fingerprint density at radius 3 is 2.52 bits per heavy atom. The van der Waals surface area contributed by atoms with Crippen LogP contribution in [0.5, 0.6) is 0 Å². The maximum atomic E-state index is 12.3. The lowest BCUT2D eigenvalue weighted by atomic mass is 9.94. The summed E-state index contributed by atoms with van der Waals surface area (Å²) in [4.78, 5) is 16.3. The minimum absolute atomic E-state index is 0.0470. The molecule has 0 bridgehead atoms. The van der Waals surface area contributed by atoms with Crippen LogP contribution in [0.1, 0.15) is 16.7 Å². The van der Waals surface area contributed by atoms with E-state index in [1.54, 1.807) is 0 Å². The SMILES string of the molecule is O=C1Cc2ccccc2C(c2ccccc2)=CC1N=C=S. The van der Waals surface area contributed by atoms with Crippen LogP contribution < -0.4 is 0 Å². The van der Waals surface area contributed by atoms with Gasteiger partial charge in [-0.3, -0.25) is 4.79 Å². The van der Waals surface area contributed by atoms with E-state index in [-0.39, 0.29) is 5.78 Å². The summed E-state index contributed by atoms with van der Waals surface area (Å²) in [6.45, 7) is 0. The Morgan fingerprint density at radius 1 is 1.05 bits per heavy atom. The van der Waals surface area contributed by atoms with Gasteiger partial charge < -0.3 is 0 Å². The van der Waals surface area contributed by atoms with E-state index >= 15 is 0 Å². The Bertz CT molecular complexity index is 758. The molecular weight excluding hydrogens is 278 g/mol. The quantitative estimate of drug-likeness (QED) is 0.623. The number of thiocarbonyl (C=S) groups is 1.